The Labute approximate surface area is 192 Å². The summed E-state index contributed by atoms with van der Waals surface area (Å²) in [7, 11) is 0. The van der Waals surface area contributed by atoms with Gasteiger partial charge < -0.3 is 14.1 Å². The van der Waals surface area contributed by atoms with E-state index in [1.54, 1.807) is 41.2 Å². The lowest BCUT2D eigenvalue weighted by Crippen LogP contribution is -2.24. The van der Waals surface area contributed by atoms with Gasteiger partial charge in [-0.3, -0.25) is 5.32 Å². The maximum atomic E-state index is 12.3. The van der Waals surface area contributed by atoms with E-state index in [9.17, 15) is 4.79 Å². The SMILES string of the molecule is CC(C)c1cc(NC(=O)On2ccc3cc(Oc4cc(Cn5cnnn5)ncn4)ccc32)no1. The standard InChI is InChI=1S/C21H19N9O4/c1-13(2)18-9-19(26-33-18)25-21(31)34-30-6-5-14-7-16(3-4-17(14)30)32-20-8-15(22-11-23-20)10-29-12-24-27-28-29/h3-9,11-13H,10H2,1-2H3,(H,25,26,31). The number of hydrogen-bond donors (Lipinski definition) is 1. The highest BCUT2D eigenvalue weighted by Gasteiger charge is 2.13. The number of nitrogens with one attached hydrogen (secondary N) is 1. The van der Waals surface area contributed by atoms with Gasteiger partial charge in [0.25, 0.3) is 0 Å². The molecule has 0 unspecified atom stereocenters. The van der Waals surface area contributed by atoms with E-state index in [2.05, 4.69) is 36.0 Å². The molecule has 172 valence electrons. The highest BCUT2D eigenvalue weighted by Crippen LogP contribution is 2.25. The molecule has 5 rings (SSSR count). The smallest absolute Gasteiger partial charge is 0.437 e. The van der Waals surface area contributed by atoms with Crippen LogP contribution in [0.2, 0.25) is 0 Å². The van der Waals surface area contributed by atoms with Crippen molar-refractivity contribution in [2.24, 2.45) is 0 Å². The van der Waals surface area contributed by atoms with Crippen molar-refractivity contribution in [1.82, 2.24) is 40.1 Å². The van der Waals surface area contributed by atoms with E-state index in [4.69, 9.17) is 14.1 Å². The minimum absolute atomic E-state index is 0.156. The van der Waals surface area contributed by atoms with Gasteiger partial charge in [-0.2, -0.15) is 4.73 Å². The summed E-state index contributed by atoms with van der Waals surface area (Å²) < 4.78 is 13.9. The number of tetrazole rings is 1. The van der Waals surface area contributed by atoms with Crippen LogP contribution in [0.25, 0.3) is 10.9 Å². The van der Waals surface area contributed by atoms with Gasteiger partial charge in [-0.25, -0.2) is 19.4 Å². The molecule has 0 saturated heterocycles. The maximum absolute atomic E-state index is 12.3. The average molecular weight is 461 g/mol. The van der Waals surface area contributed by atoms with Gasteiger partial charge in [0.15, 0.2) is 5.82 Å². The van der Waals surface area contributed by atoms with Crippen molar-refractivity contribution in [3.05, 3.63) is 66.7 Å². The van der Waals surface area contributed by atoms with E-state index in [-0.39, 0.29) is 11.7 Å². The third kappa shape index (κ3) is 4.67. The van der Waals surface area contributed by atoms with E-state index in [1.807, 2.05) is 19.9 Å². The summed E-state index contributed by atoms with van der Waals surface area (Å²) in [5, 5.41) is 18.2. The summed E-state index contributed by atoms with van der Waals surface area (Å²) in [5.74, 6) is 2.04. The fourth-order valence-corrected chi connectivity index (χ4v) is 3.13. The van der Waals surface area contributed by atoms with Crippen LogP contribution in [0.1, 0.15) is 31.2 Å². The average Bonchev–Trinajstić information content (AvgIpc) is 3.56. The number of nitrogens with zero attached hydrogens (tertiary/aromatic N) is 8. The van der Waals surface area contributed by atoms with Crippen molar-refractivity contribution in [2.45, 2.75) is 26.3 Å². The van der Waals surface area contributed by atoms with Gasteiger partial charge in [0.1, 0.15) is 24.2 Å². The molecule has 0 aliphatic rings. The molecule has 1 amide bonds. The lowest BCUT2D eigenvalue weighted by atomic mass is 10.2. The summed E-state index contributed by atoms with van der Waals surface area (Å²) in [6, 6.07) is 10.5. The fourth-order valence-electron chi connectivity index (χ4n) is 3.13. The molecule has 4 aromatic heterocycles. The number of ether oxygens (including phenoxy) is 1. The molecule has 0 spiro atoms. The summed E-state index contributed by atoms with van der Waals surface area (Å²) in [4.78, 5) is 26.0. The van der Waals surface area contributed by atoms with Gasteiger partial charge in [-0.15, -0.1) is 5.10 Å². The van der Waals surface area contributed by atoms with Crippen molar-refractivity contribution in [2.75, 3.05) is 5.32 Å². The molecule has 0 saturated carbocycles. The topological polar surface area (TPSA) is 148 Å². The quantitative estimate of drug-likeness (QED) is 0.383. The molecule has 13 heteroatoms. The number of hydrogen-bond acceptors (Lipinski definition) is 10. The lowest BCUT2D eigenvalue weighted by molar-refractivity contribution is 0.153. The highest BCUT2D eigenvalue weighted by atomic mass is 16.7. The number of aromatic nitrogens is 8. The van der Waals surface area contributed by atoms with Crippen LogP contribution in [-0.2, 0) is 6.54 Å². The zero-order valence-electron chi connectivity index (χ0n) is 18.2. The molecule has 1 N–H and O–H groups in total. The molecule has 0 radical (unpaired) electrons. The normalized spacial score (nSPS) is 11.1. The van der Waals surface area contributed by atoms with E-state index in [0.717, 1.165) is 5.39 Å². The summed E-state index contributed by atoms with van der Waals surface area (Å²) >= 11 is 0. The Hall–Kier alpha value is -4.81. The van der Waals surface area contributed by atoms with Crippen LogP contribution < -0.4 is 14.9 Å². The zero-order valence-corrected chi connectivity index (χ0v) is 18.2. The Morgan fingerprint density at radius 1 is 1.18 bits per heavy atom. The fraction of sp³-hybridized carbons (Fsp3) is 0.190. The Morgan fingerprint density at radius 2 is 2.09 bits per heavy atom. The van der Waals surface area contributed by atoms with Crippen LogP contribution >= 0.6 is 0 Å². The molecular weight excluding hydrogens is 442 g/mol. The number of rotatable bonds is 7. The highest BCUT2D eigenvalue weighted by molar-refractivity contribution is 5.86. The van der Waals surface area contributed by atoms with Crippen LogP contribution in [0, 0.1) is 0 Å². The van der Waals surface area contributed by atoms with Crippen molar-refractivity contribution in [3.8, 4) is 11.6 Å². The van der Waals surface area contributed by atoms with Crippen molar-refractivity contribution in [1.29, 1.82) is 0 Å². The van der Waals surface area contributed by atoms with Gasteiger partial charge in [0.2, 0.25) is 5.88 Å². The molecule has 1 aromatic carbocycles. The summed E-state index contributed by atoms with van der Waals surface area (Å²) in [6.45, 7) is 4.32. The number of benzene rings is 1. The predicted octanol–water partition coefficient (Wildman–Crippen LogP) is 3.03. The van der Waals surface area contributed by atoms with Gasteiger partial charge >= 0.3 is 6.09 Å². The van der Waals surface area contributed by atoms with Crippen LogP contribution in [0.15, 0.2) is 59.8 Å². The van der Waals surface area contributed by atoms with Gasteiger partial charge in [0.05, 0.1) is 17.8 Å². The molecule has 0 aliphatic heterocycles. The first-order valence-electron chi connectivity index (χ1n) is 10.3. The van der Waals surface area contributed by atoms with Crippen LogP contribution in [-0.4, -0.2) is 46.2 Å². The third-order valence-electron chi connectivity index (χ3n) is 4.77. The summed E-state index contributed by atoms with van der Waals surface area (Å²) in [5.41, 5.74) is 1.36. The predicted molar refractivity (Wildman–Crippen MR) is 117 cm³/mol. The Morgan fingerprint density at radius 3 is 2.88 bits per heavy atom. The minimum atomic E-state index is -0.697. The number of anilines is 1. The number of amides is 1. The number of fused-ring (bicyclic) bond motifs is 1. The second kappa shape index (κ2) is 8.97. The van der Waals surface area contributed by atoms with Gasteiger partial charge in [-0.05, 0) is 34.7 Å². The van der Waals surface area contributed by atoms with E-state index >= 15 is 0 Å². The monoisotopic (exact) mass is 461 g/mol. The summed E-state index contributed by atoms with van der Waals surface area (Å²) in [6.07, 6.45) is 3.84. The molecule has 0 fully saturated rings. The lowest BCUT2D eigenvalue weighted by Gasteiger charge is -2.08. The number of carbonyl (C=O) groups is 1. The van der Waals surface area contributed by atoms with Gasteiger partial charge in [0, 0.05) is 29.6 Å². The molecular formula is C21H19N9O4. The second-order valence-corrected chi connectivity index (χ2v) is 7.59. The molecule has 5 aromatic rings. The first kappa shape index (κ1) is 21.1. The van der Waals surface area contributed by atoms with Crippen molar-refractivity contribution in [3.63, 3.8) is 0 Å². The zero-order chi connectivity index (χ0) is 23.5. The Bertz CT molecular complexity index is 1430. The molecule has 0 aliphatic carbocycles. The third-order valence-corrected chi connectivity index (χ3v) is 4.77. The molecule has 34 heavy (non-hydrogen) atoms. The second-order valence-electron chi connectivity index (χ2n) is 7.59. The number of carbonyl (C=O) groups excluding carboxylic acids is 1. The first-order chi connectivity index (χ1) is 16.5. The largest absolute Gasteiger partial charge is 0.439 e. The van der Waals surface area contributed by atoms with E-state index in [0.29, 0.717) is 35.1 Å². The molecule has 0 bridgehead atoms. The first-order valence-corrected chi connectivity index (χ1v) is 10.3. The van der Waals surface area contributed by atoms with Crippen LogP contribution in [0.4, 0.5) is 10.6 Å². The molecule has 4 heterocycles. The van der Waals surface area contributed by atoms with E-state index in [1.165, 1.54) is 17.4 Å². The van der Waals surface area contributed by atoms with Crippen LogP contribution in [0.5, 0.6) is 11.6 Å². The van der Waals surface area contributed by atoms with Crippen molar-refractivity contribution < 1.29 is 18.9 Å². The van der Waals surface area contributed by atoms with E-state index < -0.39 is 6.09 Å². The van der Waals surface area contributed by atoms with Crippen LogP contribution in [0.3, 0.4) is 0 Å². The molecule has 13 nitrogen and oxygen atoms in total. The Kier molecular flexibility index (Phi) is 5.56. The van der Waals surface area contributed by atoms with Crippen molar-refractivity contribution >= 4 is 22.8 Å². The van der Waals surface area contributed by atoms with Gasteiger partial charge in [-0.1, -0.05) is 19.0 Å². The maximum Gasteiger partial charge on any atom is 0.437 e. The minimum Gasteiger partial charge on any atom is -0.439 e. The Balaban J connectivity index is 1.26. The molecule has 0 atom stereocenters.